The number of aryl methyl sites for hydroxylation is 1. The predicted molar refractivity (Wildman–Crippen MR) is 73.3 cm³/mol. The lowest BCUT2D eigenvalue weighted by Crippen LogP contribution is -2.45. The van der Waals surface area contributed by atoms with Gasteiger partial charge in [-0.15, -0.1) is 0 Å². The molecule has 0 aliphatic carbocycles. The molecular weight excluding hydrogens is 264 g/mol. The summed E-state index contributed by atoms with van der Waals surface area (Å²) in [5.41, 5.74) is 0. The largest absolute Gasteiger partial charge is 0.313 e. The summed E-state index contributed by atoms with van der Waals surface area (Å²) in [6, 6.07) is 1.74. The first-order chi connectivity index (χ1) is 8.93. The van der Waals surface area contributed by atoms with Gasteiger partial charge in [-0.2, -0.15) is 9.40 Å². The highest BCUT2D eigenvalue weighted by atomic mass is 32.2. The van der Waals surface area contributed by atoms with Gasteiger partial charge < -0.3 is 5.32 Å². The van der Waals surface area contributed by atoms with Crippen LogP contribution in [0.3, 0.4) is 0 Å². The molecule has 0 aromatic carbocycles. The van der Waals surface area contributed by atoms with Gasteiger partial charge in [0.25, 0.3) is 10.0 Å². The number of hydrogen-bond donors (Lipinski definition) is 1. The van der Waals surface area contributed by atoms with E-state index >= 15 is 0 Å². The van der Waals surface area contributed by atoms with E-state index in [4.69, 9.17) is 0 Å². The van der Waals surface area contributed by atoms with Gasteiger partial charge in [-0.3, -0.25) is 4.68 Å². The molecule has 0 radical (unpaired) electrons. The van der Waals surface area contributed by atoms with Crippen LogP contribution in [0.1, 0.15) is 26.7 Å². The van der Waals surface area contributed by atoms with Crippen LogP contribution in [0.2, 0.25) is 0 Å². The van der Waals surface area contributed by atoms with Crippen molar-refractivity contribution in [2.45, 2.75) is 43.8 Å². The number of rotatable bonds is 5. The van der Waals surface area contributed by atoms with Crippen LogP contribution in [-0.2, 0) is 17.1 Å². The molecule has 1 unspecified atom stereocenters. The minimum Gasteiger partial charge on any atom is -0.313 e. The molecular formula is C12H22N4O2S. The van der Waals surface area contributed by atoms with E-state index in [-0.39, 0.29) is 17.1 Å². The van der Waals surface area contributed by atoms with Crippen LogP contribution >= 0.6 is 0 Å². The van der Waals surface area contributed by atoms with E-state index < -0.39 is 10.0 Å². The summed E-state index contributed by atoms with van der Waals surface area (Å²) in [6.45, 7) is 5.30. The third-order valence-electron chi connectivity index (χ3n) is 3.49. The zero-order valence-electron chi connectivity index (χ0n) is 11.7. The number of aromatic nitrogens is 2. The Morgan fingerprint density at radius 3 is 2.79 bits per heavy atom. The first-order valence-electron chi connectivity index (χ1n) is 6.66. The molecule has 0 amide bonds. The van der Waals surface area contributed by atoms with Gasteiger partial charge in [0.1, 0.15) is 0 Å². The normalized spacial score (nSPS) is 20.6. The Bertz CT molecular complexity index is 518. The molecule has 0 bridgehead atoms. The standard InChI is InChI=1S/C12H22N4O2S/c1-10(2)16(9-11-5-4-7-13-11)19(17,18)12-6-8-14-15(12)3/h6,8,10-11,13H,4-5,7,9H2,1-3H3. The summed E-state index contributed by atoms with van der Waals surface area (Å²) >= 11 is 0. The zero-order chi connectivity index (χ0) is 14.0. The minimum atomic E-state index is -3.48. The maximum atomic E-state index is 12.7. The smallest absolute Gasteiger partial charge is 0.260 e. The lowest BCUT2D eigenvalue weighted by Gasteiger charge is -2.28. The summed E-state index contributed by atoms with van der Waals surface area (Å²) in [5.74, 6) is 0. The monoisotopic (exact) mass is 286 g/mol. The van der Waals surface area contributed by atoms with Crippen molar-refractivity contribution in [3.63, 3.8) is 0 Å². The van der Waals surface area contributed by atoms with Crippen molar-refractivity contribution in [3.8, 4) is 0 Å². The average molecular weight is 286 g/mol. The van der Waals surface area contributed by atoms with E-state index in [0.717, 1.165) is 19.4 Å². The van der Waals surface area contributed by atoms with E-state index in [1.807, 2.05) is 13.8 Å². The highest BCUT2D eigenvalue weighted by Gasteiger charge is 2.32. The van der Waals surface area contributed by atoms with E-state index in [1.165, 1.54) is 10.9 Å². The summed E-state index contributed by atoms with van der Waals surface area (Å²) < 4.78 is 28.3. The quantitative estimate of drug-likeness (QED) is 0.859. The predicted octanol–water partition coefficient (Wildman–Crippen LogP) is 0.571. The van der Waals surface area contributed by atoms with Crippen LogP contribution in [0.5, 0.6) is 0 Å². The Morgan fingerprint density at radius 2 is 2.32 bits per heavy atom. The van der Waals surface area contributed by atoms with E-state index in [2.05, 4.69) is 10.4 Å². The van der Waals surface area contributed by atoms with Gasteiger partial charge >= 0.3 is 0 Å². The van der Waals surface area contributed by atoms with Crippen molar-refractivity contribution in [2.75, 3.05) is 13.1 Å². The van der Waals surface area contributed by atoms with E-state index in [0.29, 0.717) is 6.54 Å². The topological polar surface area (TPSA) is 67.2 Å². The molecule has 1 N–H and O–H groups in total. The lowest BCUT2D eigenvalue weighted by atomic mass is 10.2. The molecule has 7 heteroatoms. The summed E-state index contributed by atoms with van der Waals surface area (Å²) in [4.78, 5) is 0. The van der Waals surface area contributed by atoms with Gasteiger partial charge in [0.2, 0.25) is 0 Å². The van der Waals surface area contributed by atoms with Gasteiger partial charge in [0.05, 0.1) is 6.20 Å². The molecule has 1 fully saturated rings. The maximum Gasteiger partial charge on any atom is 0.260 e. The van der Waals surface area contributed by atoms with Crippen molar-refractivity contribution in [1.82, 2.24) is 19.4 Å². The van der Waals surface area contributed by atoms with Crippen LogP contribution in [0.15, 0.2) is 17.3 Å². The summed E-state index contributed by atoms with van der Waals surface area (Å²) in [7, 11) is -1.83. The molecule has 0 spiro atoms. The van der Waals surface area contributed by atoms with Gasteiger partial charge in [-0.1, -0.05) is 0 Å². The summed E-state index contributed by atoms with van der Waals surface area (Å²) in [6.07, 6.45) is 3.66. The lowest BCUT2D eigenvalue weighted by molar-refractivity contribution is 0.320. The highest BCUT2D eigenvalue weighted by Crippen LogP contribution is 2.19. The molecule has 2 rings (SSSR count). The third-order valence-corrected chi connectivity index (χ3v) is 5.60. The summed E-state index contributed by atoms with van der Waals surface area (Å²) in [5, 5.41) is 7.55. The van der Waals surface area contributed by atoms with Gasteiger partial charge in [0.15, 0.2) is 5.03 Å². The second-order valence-electron chi connectivity index (χ2n) is 5.25. The Morgan fingerprint density at radius 1 is 1.58 bits per heavy atom. The van der Waals surface area contributed by atoms with Crippen LogP contribution < -0.4 is 5.32 Å². The van der Waals surface area contributed by atoms with Gasteiger partial charge in [-0.25, -0.2) is 8.42 Å². The first-order valence-corrected chi connectivity index (χ1v) is 8.10. The molecule has 108 valence electrons. The van der Waals surface area contributed by atoms with Crippen molar-refractivity contribution in [3.05, 3.63) is 12.3 Å². The fourth-order valence-corrected chi connectivity index (χ4v) is 4.24. The second kappa shape index (κ2) is 5.60. The Kier molecular flexibility index (Phi) is 4.27. The van der Waals surface area contributed by atoms with Crippen LogP contribution in [-0.4, -0.2) is 47.7 Å². The van der Waals surface area contributed by atoms with Gasteiger partial charge in [0, 0.05) is 25.7 Å². The average Bonchev–Trinajstić information content (AvgIpc) is 2.95. The fourth-order valence-electron chi connectivity index (χ4n) is 2.45. The number of hydrogen-bond acceptors (Lipinski definition) is 4. The number of nitrogens with zero attached hydrogens (tertiary/aromatic N) is 3. The minimum absolute atomic E-state index is 0.0673. The Hall–Kier alpha value is -0.920. The van der Waals surface area contributed by atoms with Crippen LogP contribution in [0.25, 0.3) is 0 Å². The molecule has 1 aliphatic heterocycles. The molecule has 1 saturated heterocycles. The molecule has 1 aliphatic rings. The first kappa shape index (κ1) is 14.5. The number of nitrogens with one attached hydrogen (secondary N) is 1. The Labute approximate surface area is 114 Å². The molecule has 1 atom stereocenters. The van der Waals surface area contributed by atoms with Crippen LogP contribution in [0.4, 0.5) is 0 Å². The SMILES string of the molecule is CC(C)N(CC1CCCN1)S(=O)(=O)c1ccnn1C. The van der Waals surface area contributed by atoms with Crippen molar-refractivity contribution in [1.29, 1.82) is 0 Å². The Balaban J connectivity index is 2.25. The zero-order valence-corrected chi connectivity index (χ0v) is 12.5. The van der Waals surface area contributed by atoms with Crippen molar-refractivity contribution in [2.24, 2.45) is 7.05 Å². The number of sulfonamides is 1. The highest BCUT2D eigenvalue weighted by molar-refractivity contribution is 7.89. The molecule has 1 aromatic rings. The van der Waals surface area contributed by atoms with E-state index in [9.17, 15) is 8.42 Å². The van der Waals surface area contributed by atoms with Gasteiger partial charge in [-0.05, 0) is 39.3 Å². The van der Waals surface area contributed by atoms with Crippen LogP contribution in [0, 0.1) is 0 Å². The van der Waals surface area contributed by atoms with E-state index in [1.54, 1.807) is 17.4 Å². The fraction of sp³-hybridized carbons (Fsp3) is 0.750. The second-order valence-corrected chi connectivity index (χ2v) is 7.09. The molecule has 19 heavy (non-hydrogen) atoms. The molecule has 0 saturated carbocycles. The molecule has 2 heterocycles. The maximum absolute atomic E-state index is 12.7. The molecule has 6 nitrogen and oxygen atoms in total. The third kappa shape index (κ3) is 2.98. The van der Waals surface area contributed by atoms with Crippen molar-refractivity contribution >= 4 is 10.0 Å². The molecule has 1 aromatic heterocycles. The van der Waals surface area contributed by atoms with Crippen molar-refractivity contribution < 1.29 is 8.42 Å².